The van der Waals surface area contributed by atoms with E-state index >= 15 is 0 Å². The maximum Gasteiger partial charge on any atom is 0.305 e. The summed E-state index contributed by atoms with van der Waals surface area (Å²) >= 11 is 0. The summed E-state index contributed by atoms with van der Waals surface area (Å²) in [7, 11) is 1.43. The summed E-state index contributed by atoms with van der Waals surface area (Å²) in [6.07, 6.45) is 1.28. The Kier molecular flexibility index (Phi) is 6.03. The first kappa shape index (κ1) is 15.7. The maximum atomic E-state index is 11.0. The fraction of sp³-hybridized carbons (Fsp3) is 0.562. The first-order valence-electron chi connectivity index (χ1n) is 6.83. The van der Waals surface area contributed by atoms with Crippen molar-refractivity contribution in [2.45, 2.75) is 46.6 Å². The number of ether oxygens (including phenoxy) is 1. The Hall–Kier alpha value is -1.35. The third kappa shape index (κ3) is 4.67. The molecule has 1 aromatic carbocycles. The first-order chi connectivity index (χ1) is 8.95. The smallest absolute Gasteiger partial charge is 0.305 e. The molecular formula is C16H25NO2. The van der Waals surface area contributed by atoms with E-state index in [9.17, 15) is 4.79 Å². The molecule has 0 spiro atoms. The van der Waals surface area contributed by atoms with Gasteiger partial charge in [0, 0.05) is 12.5 Å². The lowest BCUT2D eigenvalue weighted by Crippen LogP contribution is -2.22. The molecule has 0 saturated carbocycles. The molecule has 0 fully saturated rings. The third-order valence-corrected chi connectivity index (χ3v) is 3.41. The van der Waals surface area contributed by atoms with Gasteiger partial charge in [0.2, 0.25) is 0 Å². The highest BCUT2D eigenvalue weighted by Gasteiger charge is 2.11. The Morgan fingerprint density at radius 3 is 2.37 bits per heavy atom. The topological polar surface area (TPSA) is 38.3 Å². The van der Waals surface area contributed by atoms with Crippen LogP contribution >= 0.6 is 0 Å². The number of nitrogens with one attached hydrogen (secondary N) is 1. The molecule has 1 atom stereocenters. The van der Waals surface area contributed by atoms with Crippen LogP contribution in [0, 0.1) is 20.8 Å². The maximum absolute atomic E-state index is 11.0. The first-order valence-corrected chi connectivity index (χ1v) is 6.83. The van der Waals surface area contributed by atoms with Crippen LogP contribution in [0.15, 0.2) is 12.1 Å². The minimum absolute atomic E-state index is 0.142. The van der Waals surface area contributed by atoms with Gasteiger partial charge in [0.1, 0.15) is 0 Å². The zero-order chi connectivity index (χ0) is 14.4. The van der Waals surface area contributed by atoms with Crippen molar-refractivity contribution in [1.82, 2.24) is 5.32 Å². The number of hydrogen-bond acceptors (Lipinski definition) is 3. The van der Waals surface area contributed by atoms with Crippen molar-refractivity contribution in [2.24, 2.45) is 0 Å². The molecule has 0 saturated heterocycles. The van der Waals surface area contributed by atoms with E-state index in [0.29, 0.717) is 12.5 Å². The molecule has 0 aromatic heterocycles. The summed E-state index contributed by atoms with van der Waals surface area (Å²) in [4.78, 5) is 11.0. The second-order valence-electron chi connectivity index (χ2n) is 5.17. The lowest BCUT2D eigenvalue weighted by Gasteiger charge is -2.19. The monoisotopic (exact) mass is 263 g/mol. The summed E-state index contributed by atoms with van der Waals surface area (Å²) < 4.78 is 4.63. The molecule has 0 aliphatic heterocycles. The molecule has 1 rings (SSSR count). The van der Waals surface area contributed by atoms with Crippen LogP contribution in [0.5, 0.6) is 0 Å². The predicted molar refractivity (Wildman–Crippen MR) is 78.3 cm³/mol. The fourth-order valence-corrected chi connectivity index (χ4v) is 2.63. The van der Waals surface area contributed by atoms with E-state index in [-0.39, 0.29) is 5.97 Å². The van der Waals surface area contributed by atoms with E-state index in [1.807, 2.05) is 0 Å². The average Bonchev–Trinajstić information content (AvgIpc) is 2.33. The van der Waals surface area contributed by atoms with Gasteiger partial charge in [0.05, 0.1) is 7.11 Å². The lowest BCUT2D eigenvalue weighted by molar-refractivity contribution is -0.140. The SMILES string of the molecule is COC(=O)CCCNC(C)c1c(C)cc(C)cc1C. The van der Waals surface area contributed by atoms with E-state index in [4.69, 9.17) is 0 Å². The van der Waals surface area contributed by atoms with Gasteiger partial charge in [0.25, 0.3) is 0 Å². The van der Waals surface area contributed by atoms with Crippen molar-refractivity contribution < 1.29 is 9.53 Å². The molecule has 106 valence electrons. The van der Waals surface area contributed by atoms with Crippen LogP contribution in [0.4, 0.5) is 0 Å². The van der Waals surface area contributed by atoms with E-state index in [1.165, 1.54) is 29.4 Å². The average molecular weight is 263 g/mol. The minimum Gasteiger partial charge on any atom is -0.469 e. The predicted octanol–water partition coefficient (Wildman–Crippen LogP) is 3.22. The molecule has 0 bridgehead atoms. The van der Waals surface area contributed by atoms with Crippen molar-refractivity contribution in [3.05, 3.63) is 34.4 Å². The molecule has 0 radical (unpaired) electrons. The Morgan fingerprint density at radius 1 is 1.26 bits per heavy atom. The summed E-state index contributed by atoms with van der Waals surface area (Å²) in [5.74, 6) is -0.142. The zero-order valence-electron chi connectivity index (χ0n) is 12.7. The normalized spacial score (nSPS) is 12.3. The van der Waals surface area contributed by atoms with Gasteiger partial charge in [-0.15, -0.1) is 0 Å². The third-order valence-electron chi connectivity index (χ3n) is 3.41. The van der Waals surface area contributed by atoms with Crippen molar-refractivity contribution in [3.63, 3.8) is 0 Å². The molecule has 0 amide bonds. The van der Waals surface area contributed by atoms with Crippen LogP contribution in [-0.4, -0.2) is 19.6 Å². The van der Waals surface area contributed by atoms with Gasteiger partial charge in [-0.25, -0.2) is 0 Å². The molecule has 3 nitrogen and oxygen atoms in total. The van der Waals surface area contributed by atoms with E-state index in [1.54, 1.807) is 0 Å². The van der Waals surface area contributed by atoms with Crippen molar-refractivity contribution in [2.75, 3.05) is 13.7 Å². The Balaban J connectivity index is 2.54. The molecule has 0 aliphatic rings. The van der Waals surface area contributed by atoms with Gasteiger partial charge in [-0.3, -0.25) is 4.79 Å². The number of carbonyl (C=O) groups excluding carboxylic acids is 1. The van der Waals surface area contributed by atoms with Crippen molar-refractivity contribution >= 4 is 5.97 Å². The molecular weight excluding hydrogens is 238 g/mol. The zero-order valence-corrected chi connectivity index (χ0v) is 12.7. The highest BCUT2D eigenvalue weighted by Crippen LogP contribution is 2.23. The number of aryl methyl sites for hydroxylation is 3. The van der Waals surface area contributed by atoms with E-state index in [2.05, 4.69) is 49.9 Å². The van der Waals surface area contributed by atoms with Gasteiger partial charge in [0.15, 0.2) is 0 Å². The molecule has 3 heteroatoms. The number of benzene rings is 1. The second kappa shape index (κ2) is 7.29. The molecule has 0 heterocycles. The Bertz CT molecular complexity index is 417. The fourth-order valence-electron chi connectivity index (χ4n) is 2.63. The number of rotatable bonds is 6. The lowest BCUT2D eigenvalue weighted by atomic mass is 9.95. The number of methoxy groups -OCH3 is 1. The highest BCUT2D eigenvalue weighted by molar-refractivity contribution is 5.69. The Labute approximate surface area is 116 Å². The van der Waals surface area contributed by atoms with Gasteiger partial charge in [-0.05, 0) is 57.4 Å². The molecule has 19 heavy (non-hydrogen) atoms. The van der Waals surface area contributed by atoms with Gasteiger partial charge in [-0.2, -0.15) is 0 Å². The van der Waals surface area contributed by atoms with Crippen molar-refractivity contribution in [3.8, 4) is 0 Å². The van der Waals surface area contributed by atoms with Gasteiger partial charge in [-0.1, -0.05) is 17.7 Å². The Morgan fingerprint density at radius 2 is 1.84 bits per heavy atom. The van der Waals surface area contributed by atoms with Crippen LogP contribution < -0.4 is 5.32 Å². The van der Waals surface area contributed by atoms with E-state index in [0.717, 1.165) is 13.0 Å². The molecule has 1 N–H and O–H groups in total. The van der Waals surface area contributed by atoms with Crippen molar-refractivity contribution in [1.29, 1.82) is 0 Å². The summed E-state index contributed by atoms with van der Waals surface area (Å²) in [5, 5.41) is 3.47. The largest absolute Gasteiger partial charge is 0.469 e. The van der Waals surface area contributed by atoms with Gasteiger partial charge >= 0.3 is 5.97 Å². The quantitative estimate of drug-likeness (QED) is 0.632. The van der Waals surface area contributed by atoms with Crippen LogP contribution in [-0.2, 0) is 9.53 Å². The van der Waals surface area contributed by atoms with Crippen LogP contribution in [0.3, 0.4) is 0 Å². The number of esters is 1. The number of hydrogen-bond donors (Lipinski definition) is 1. The van der Waals surface area contributed by atoms with Crippen LogP contribution in [0.1, 0.15) is 48.1 Å². The van der Waals surface area contributed by atoms with E-state index < -0.39 is 0 Å². The minimum atomic E-state index is -0.142. The molecule has 0 aliphatic carbocycles. The molecule has 1 aromatic rings. The summed E-state index contributed by atoms with van der Waals surface area (Å²) in [6.45, 7) is 9.42. The highest BCUT2D eigenvalue weighted by atomic mass is 16.5. The van der Waals surface area contributed by atoms with Crippen LogP contribution in [0.25, 0.3) is 0 Å². The second-order valence-corrected chi connectivity index (χ2v) is 5.17. The summed E-state index contributed by atoms with van der Waals surface area (Å²) in [5.41, 5.74) is 5.32. The van der Waals surface area contributed by atoms with Crippen LogP contribution in [0.2, 0.25) is 0 Å². The number of carbonyl (C=O) groups is 1. The standard InChI is InChI=1S/C16H25NO2/c1-11-9-12(2)16(13(3)10-11)14(4)17-8-6-7-15(18)19-5/h9-10,14,17H,6-8H2,1-5H3. The summed E-state index contributed by atoms with van der Waals surface area (Å²) in [6, 6.07) is 4.74. The van der Waals surface area contributed by atoms with Gasteiger partial charge < -0.3 is 10.1 Å². The molecule has 1 unspecified atom stereocenters.